The van der Waals surface area contributed by atoms with Crippen molar-refractivity contribution in [2.24, 2.45) is 4.99 Å². The third-order valence-corrected chi connectivity index (χ3v) is 3.99. The predicted molar refractivity (Wildman–Crippen MR) is 75.5 cm³/mol. The minimum Gasteiger partial charge on any atom is -0.361 e. The molecule has 1 aliphatic heterocycles. The molecule has 0 spiro atoms. The normalized spacial score (nSPS) is 17.5. The van der Waals surface area contributed by atoms with Gasteiger partial charge in [-0.3, -0.25) is 9.79 Å². The quantitative estimate of drug-likeness (QED) is 0.899. The third kappa shape index (κ3) is 3.08. The summed E-state index contributed by atoms with van der Waals surface area (Å²) in [6.45, 7) is 0.352. The Hall–Kier alpha value is -2.05. The second-order valence-electron chi connectivity index (χ2n) is 5.58. The Morgan fingerprint density at radius 1 is 1.32 bits per heavy atom. The van der Waals surface area contributed by atoms with Crippen molar-refractivity contribution in [3.8, 4) is 0 Å². The number of nitrogens with one attached hydrogen (secondary N) is 2. The molecule has 4 nitrogen and oxygen atoms in total. The fourth-order valence-electron chi connectivity index (χ4n) is 2.51. The number of fused-ring (bicyclic) bond motifs is 1. The van der Waals surface area contributed by atoms with Crippen LogP contribution in [0.25, 0.3) is 0 Å². The van der Waals surface area contributed by atoms with Crippen molar-refractivity contribution in [2.45, 2.75) is 38.0 Å². The van der Waals surface area contributed by atoms with Gasteiger partial charge in [0.15, 0.2) is 0 Å². The Kier molecular flexibility index (Phi) is 3.80. The SMILES string of the molecule is O=C(CNC1=NCc2ccc(C(F)(F)F)cc21)NC1CCC1. The van der Waals surface area contributed by atoms with E-state index in [0.29, 0.717) is 17.9 Å². The third-order valence-electron chi connectivity index (χ3n) is 3.99. The fraction of sp³-hybridized carbons (Fsp3) is 0.467. The van der Waals surface area contributed by atoms with Gasteiger partial charge < -0.3 is 10.6 Å². The summed E-state index contributed by atoms with van der Waals surface area (Å²) in [7, 11) is 0. The van der Waals surface area contributed by atoms with E-state index in [1.54, 1.807) is 0 Å². The Bertz CT molecular complexity index is 621. The van der Waals surface area contributed by atoms with Crippen molar-refractivity contribution in [3.05, 3.63) is 34.9 Å². The Morgan fingerprint density at radius 3 is 2.73 bits per heavy atom. The minimum absolute atomic E-state index is 0.0189. The lowest BCUT2D eigenvalue weighted by atomic mass is 9.93. The molecule has 0 radical (unpaired) electrons. The van der Waals surface area contributed by atoms with Crippen molar-refractivity contribution in [1.29, 1.82) is 0 Å². The number of aliphatic imine (C=N–C) groups is 1. The standard InChI is InChI=1S/C15H16F3N3O/c16-15(17,18)10-5-4-9-7-19-14(12(9)6-10)20-8-13(22)21-11-2-1-3-11/h4-6,11H,1-3,7-8H2,(H,19,20)(H,21,22). The van der Waals surface area contributed by atoms with Crippen molar-refractivity contribution < 1.29 is 18.0 Å². The number of amides is 1. The summed E-state index contributed by atoms with van der Waals surface area (Å²) in [5.74, 6) is 0.192. The van der Waals surface area contributed by atoms with E-state index in [9.17, 15) is 18.0 Å². The summed E-state index contributed by atoms with van der Waals surface area (Å²) in [5.41, 5.74) is 0.447. The van der Waals surface area contributed by atoms with E-state index >= 15 is 0 Å². The summed E-state index contributed by atoms with van der Waals surface area (Å²) in [4.78, 5) is 15.9. The van der Waals surface area contributed by atoms with E-state index in [1.807, 2.05) is 0 Å². The van der Waals surface area contributed by atoms with Gasteiger partial charge in [0.05, 0.1) is 18.7 Å². The highest BCUT2D eigenvalue weighted by Gasteiger charge is 2.32. The van der Waals surface area contributed by atoms with E-state index < -0.39 is 11.7 Å². The van der Waals surface area contributed by atoms with Gasteiger partial charge in [-0.15, -0.1) is 0 Å². The lowest BCUT2D eigenvalue weighted by molar-refractivity contribution is -0.137. The zero-order chi connectivity index (χ0) is 15.7. The summed E-state index contributed by atoms with van der Waals surface area (Å²) >= 11 is 0. The second kappa shape index (κ2) is 5.62. The molecule has 2 N–H and O–H groups in total. The molecule has 3 rings (SSSR count). The first-order valence-corrected chi connectivity index (χ1v) is 7.21. The molecule has 1 aromatic rings. The largest absolute Gasteiger partial charge is 0.416 e. The van der Waals surface area contributed by atoms with E-state index in [0.717, 1.165) is 37.0 Å². The number of carbonyl (C=O) groups excluding carboxylic acids is 1. The molecule has 7 heteroatoms. The fourth-order valence-corrected chi connectivity index (χ4v) is 2.51. The number of benzene rings is 1. The maximum atomic E-state index is 12.8. The molecular formula is C15H16F3N3O. The van der Waals surface area contributed by atoms with Crippen molar-refractivity contribution >= 4 is 11.7 Å². The van der Waals surface area contributed by atoms with E-state index in [2.05, 4.69) is 15.6 Å². The average molecular weight is 311 g/mol. The van der Waals surface area contributed by atoms with Gasteiger partial charge in [-0.25, -0.2) is 0 Å². The molecule has 118 valence electrons. The summed E-state index contributed by atoms with van der Waals surface area (Å²) in [6, 6.07) is 3.81. The maximum Gasteiger partial charge on any atom is 0.416 e. The minimum atomic E-state index is -4.38. The van der Waals surface area contributed by atoms with Crippen LogP contribution in [0.4, 0.5) is 13.2 Å². The molecule has 0 aromatic heterocycles. The lowest BCUT2D eigenvalue weighted by Gasteiger charge is -2.26. The first-order chi connectivity index (χ1) is 10.4. The smallest absolute Gasteiger partial charge is 0.361 e. The van der Waals surface area contributed by atoms with Crippen LogP contribution in [0.5, 0.6) is 0 Å². The molecule has 1 amide bonds. The van der Waals surface area contributed by atoms with E-state index in [-0.39, 0.29) is 18.5 Å². The first-order valence-electron chi connectivity index (χ1n) is 7.21. The maximum absolute atomic E-state index is 12.8. The van der Waals surface area contributed by atoms with Crippen LogP contribution in [0.15, 0.2) is 23.2 Å². The number of alkyl halides is 3. The second-order valence-corrected chi connectivity index (χ2v) is 5.58. The molecule has 0 bridgehead atoms. The van der Waals surface area contributed by atoms with Crippen LogP contribution in [-0.2, 0) is 17.5 Å². The first kappa shape index (κ1) is 14.9. The summed E-state index contributed by atoms with van der Waals surface area (Å²) in [5, 5.41) is 5.70. The number of carbonyl (C=O) groups is 1. The van der Waals surface area contributed by atoms with E-state index in [1.165, 1.54) is 6.07 Å². The highest BCUT2D eigenvalue weighted by atomic mass is 19.4. The van der Waals surface area contributed by atoms with Crippen molar-refractivity contribution in [3.63, 3.8) is 0 Å². The molecule has 22 heavy (non-hydrogen) atoms. The van der Waals surface area contributed by atoms with Crippen LogP contribution >= 0.6 is 0 Å². The van der Waals surface area contributed by atoms with Crippen LogP contribution in [0, 0.1) is 0 Å². The van der Waals surface area contributed by atoms with Crippen molar-refractivity contribution in [1.82, 2.24) is 10.6 Å². The molecule has 0 atom stereocenters. The van der Waals surface area contributed by atoms with Crippen LogP contribution in [-0.4, -0.2) is 24.3 Å². The molecule has 2 aliphatic rings. The van der Waals surface area contributed by atoms with Crippen LogP contribution in [0.1, 0.15) is 36.0 Å². The summed E-state index contributed by atoms with van der Waals surface area (Å²) in [6.07, 6.45) is -1.28. The Labute approximate surface area is 125 Å². The van der Waals surface area contributed by atoms with Gasteiger partial charge in [-0.1, -0.05) is 6.07 Å². The van der Waals surface area contributed by atoms with Gasteiger partial charge >= 0.3 is 6.18 Å². The zero-order valence-corrected chi connectivity index (χ0v) is 11.8. The highest BCUT2D eigenvalue weighted by molar-refractivity contribution is 6.03. The number of hydrogen-bond acceptors (Lipinski definition) is 3. The highest BCUT2D eigenvalue weighted by Crippen LogP contribution is 2.32. The van der Waals surface area contributed by atoms with Crippen LogP contribution in [0.3, 0.4) is 0 Å². The average Bonchev–Trinajstić information content (AvgIpc) is 2.82. The number of halogens is 3. The predicted octanol–water partition coefficient (Wildman–Crippen LogP) is 2.22. The Balaban J connectivity index is 1.64. The molecule has 1 fully saturated rings. The van der Waals surface area contributed by atoms with Gasteiger partial charge in [0.2, 0.25) is 5.91 Å². The molecule has 1 aromatic carbocycles. The number of nitrogens with zero attached hydrogens (tertiary/aromatic N) is 1. The number of rotatable bonds is 3. The molecule has 1 heterocycles. The number of amidine groups is 1. The van der Waals surface area contributed by atoms with Gasteiger partial charge in [0.1, 0.15) is 5.84 Å². The molecule has 0 saturated heterocycles. The Morgan fingerprint density at radius 2 is 2.09 bits per heavy atom. The topological polar surface area (TPSA) is 53.5 Å². The molecule has 1 aliphatic carbocycles. The lowest BCUT2D eigenvalue weighted by Crippen LogP contribution is -2.44. The molecule has 1 saturated carbocycles. The zero-order valence-electron chi connectivity index (χ0n) is 11.8. The molecular weight excluding hydrogens is 295 g/mol. The van der Waals surface area contributed by atoms with Gasteiger partial charge in [-0.2, -0.15) is 13.2 Å². The van der Waals surface area contributed by atoms with Gasteiger partial charge in [0, 0.05) is 11.6 Å². The van der Waals surface area contributed by atoms with E-state index in [4.69, 9.17) is 0 Å². The van der Waals surface area contributed by atoms with Crippen molar-refractivity contribution in [2.75, 3.05) is 6.54 Å². The monoisotopic (exact) mass is 311 g/mol. The summed E-state index contributed by atoms with van der Waals surface area (Å²) < 4.78 is 38.3. The van der Waals surface area contributed by atoms with Gasteiger partial charge in [-0.05, 0) is 37.0 Å². The number of hydrogen-bond donors (Lipinski definition) is 2. The molecule has 0 unspecified atom stereocenters. The van der Waals surface area contributed by atoms with Crippen LogP contribution < -0.4 is 10.6 Å². The van der Waals surface area contributed by atoms with Gasteiger partial charge in [0.25, 0.3) is 0 Å². The van der Waals surface area contributed by atoms with Crippen LogP contribution in [0.2, 0.25) is 0 Å².